The Bertz CT molecular complexity index is 834. The van der Waals surface area contributed by atoms with Crippen molar-refractivity contribution < 1.29 is 0 Å². The monoisotopic (exact) mass is 295 g/mol. The topological polar surface area (TPSA) is 55.6 Å². The maximum atomic E-state index is 4.53. The first-order valence-corrected chi connectivity index (χ1v) is 7.45. The zero-order valence-corrected chi connectivity index (χ0v) is 13.7. The fourth-order valence-corrected chi connectivity index (χ4v) is 2.84. The third kappa shape index (κ3) is 2.66. The Morgan fingerprint density at radius 1 is 1.14 bits per heavy atom. The Morgan fingerprint density at radius 2 is 1.91 bits per heavy atom. The third-order valence-corrected chi connectivity index (χ3v) is 3.83. The Morgan fingerprint density at radius 3 is 2.64 bits per heavy atom. The summed E-state index contributed by atoms with van der Waals surface area (Å²) in [5, 5.41) is 7.96. The summed E-state index contributed by atoms with van der Waals surface area (Å²) in [6, 6.07) is 6.67. The van der Waals surface area contributed by atoms with Crippen molar-refractivity contribution in [1.29, 1.82) is 0 Å². The largest absolute Gasteiger partial charge is 0.362 e. The van der Waals surface area contributed by atoms with Gasteiger partial charge in [-0.1, -0.05) is 23.8 Å². The summed E-state index contributed by atoms with van der Waals surface area (Å²) in [6.45, 7) is 8.30. The minimum absolute atomic E-state index is 0.153. The summed E-state index contributed by atoms with van der Waals surface area (Å²) < 4.78 is 1.77. The van der Waals surface area contributed by atoms with Crippen molar-refractivity contribution >= 4 is 16.9 Å². The van der Waals surface area contributed by atoms with Gasteiger partial charge >= 0.3 is 0 Å². The van der Waals surface area contributed by atoms with Gasteiger partial charge in [-0.05, 0) is 38.8 Å². The fraction of sp³-hybridized carbons (Fsp3) is 0.353. The number of fused-ring (bicyclic) bond motifs is 1. The van der Waals surface area contributed by atoms with E-state index in [0.29, 0.717) is 0 Å². The fourth-order valence-electron chi connectivity index (χ4n) is 2.84. The summed E-state index contributed by atoms with van der Waals surface area (Å²) in [4.78, 5) is 8.96. The van der Waals surface area contributed by atoms with Crippen LogP contribution in [-0.4, -0.2) is 19.7 Å². The van der Waals surface area contributed by atoms with Crippen LogP contribution in [0.5, 0.6) is 0 Å². The van der Waals surface area contributed by atoms with Crippen LogP contribution in [-0.2, 0) is 7.05 Å². The molecule has 0 unspecified atom stereocenters. The van der Waals surface area contributed by atoms with E-state index in [-0.39, 0.29) is 6.04 Å². The highest BCUT2D eigenvalue weighted by molar-refractivity contribution is 5.84. The highest BCUT2D eigenvalue weighted by atomic mass is 15.3. The summed E-state index contributed by atoms with van der Waals surface area (Å²) in [7, 11) is 1.90. The van der Waals surface area contributed by atoms with E-state index in [0.717, 1.165) is 22.7 Å². The normalized spacial score (nSPS) is 12.6. The van der Waals surface area contributed by atoms with Crippen molar-refractivity contribution in [2.45, 2.75) is 33.7 Å². The van der Waals surface area contributed by atoms with Gasteiger partial charge in [-0.25, -0.2) is 9.97 Å². The quantitative estimate of drug-likeness (QED) is 0.804. The van der Waals surface area contributed by atoms with Gasteiger partial charge in [0.05, 0.1) is 12.2 Å². The van der Waals surface area contributed by atoms with Gasteiger partial charge in [0.2, 0.25) is 0 Å². The summed E-state index contributed by atoms with van der Waals surface area (Å²) in [5.74, 6) is 1.53. The van der Waals surface area contributed by atoms with E-state index >= 15 is 0 Å². The first kappa shape index (κ1) is 14.5. The number of rotatable bonds is 3. The van der Waals surface area contributed by atoms with E-state index in [9.17, 15) is 0 Å². The molecule has 0 aliphatic heterocycles. The average molecular weight is 295 g/mol. The number of aryl methyl sites for hydroxylation is 4. The molecule has 2 aromatic heterocycles. The Labute approximate surface area is 130 Å². The Balaban J connectivity index is 1.98. The van der Waals surface area contributed by atoms with Crippen molar-refractivity contribution in [3.05, 3.63) is 46.9 Å². The molecule has 3 rings (SSSR count). The predicted molar refractivity (Wildman–Crippen MR) is 89.0 cm³/mol. The third-order valence-electron chi connectivity index (χ3n) is 3.83. The summed E-state index contributed by atoms with van der Waals surface area (Å²) in [6.07, 6.45) is 1.91. The molecule has 0 aliphatic rings. The van der Waals surface area contributed by atoms with Crippen LogP contribution in [0, 0.1) is 20.8 Å². The minimum Gasteiger partial charge on any atom is -0.362 e. The van der Waals surface area contributed by atoms with Gasteiger partial charge in [0.25, 0.3) is 0 Å². The van der Waals surface area contributed by atoms with Crippen molar-refractivity contribution in [2.24, 2.45) is 7.05 Å². The van der Waals surface area contributed by atoms with E-state index in [1.54, 1.807) is 4.68 Å². The lowest BCUT2D eigenvalue weighted by Gasteiger charge is -2.18. The SMILES string of the molecule is Cc1ccc([C@@H](C)Nc2nc(C)nc3cn(C)nc23)c(C)c1. The molecule has 114 valence electrons. The minimum atomic E-state index is 0.153. The van der Waals surface area contributed by atoms with Crippen LogP contribution in [0.15, 0.2) is 24.4 Å². The smallest absolute Gasteiger partial charge is 0.158 e. The van der Waals surface area contributed by atoms with E-state index in [2.05, 4.69) is 59.4 Å². The number of hydrogen-bond acceptors (Lipinski definition) is 4. The van der Waals surface area contributed by atoms with Gasteiger partial charge < -0.3 is 5.32 Å². The van der Waals surface area contributed by atoms with Crippen LogP contribution in [0.4, 0.5) is 5.82 Å². The molecule has 0 bridgehead atoms. The molecule has 3 aromatic rings. The molecule has 2 heterocycles. The number of hydrogen-bond donors (Lipinski definition) is 1. The predicted octanol–water partition coefficient (Wildman–Crippen LogP) is 3.46. The molecule has 1 atom stereocenters. The summed E-state index contributed by atoms with van der Waals surface area (Å²) in [5.41, 5.74) is 5.50. The lowest BCUT2D eigenvalue weighted by atomic mass is 10.0. The lowest BCUT2D eigenvalue weighted by molar-refractivity contribution is 0.778. The molecule has 22 heavy (non-hydrogen) atoms. The molecule has 0 fully saturated rings. The number of benzene rings is 1. The Kier molecular flexibility index (Phi) is 3.56. The highest BCUT2D eigenvalue weighted by Crippen LogP contribution is 2.25. The second-order valence-electron chi connectivity index (χ2n) is 5.88. The summed E-state index contributed by atoms with van der Waals surface area (Å²) >= 11 is 0. The van der Waals surface area contributed by atoms with E-state index < -0.39 is 0 Å². The number of anilines is 1. The second kappa shape index (κ2) is 5.40. The molecular formula is C17H21N5. The van der Waals surface area contributed by atoms with Gasteiger partial charge in [-0.3, -0.25) is 4.68 Å². The van der Waals surface area contributed by atoms with E-state index in [1.807, 2.05) is 20.2 Å². The van der Waals surface area contributed by atoms with Crippen LogP contribution in [0.3, 0.4) is 0 Å². The molecule has 1 aromatic carbocycles. The van der Waals surface area contributed by atoms with Crippen molar-refractivity contribution in [3.63, 3.8) is 0 Å². The van der Waals surface area contributed by atoms with E-state index in [1.165, 1.54) is 16.7 Å². The number of nitrogens with zero attached hydrogens (tertiary/aromatic N) is 4. The van der Waals surface area contributed by atoms with Gasteiger partial charge in [-0.15, -0.1) is 0 Å². The van der Waals surface area contributed by atoms with Crippen LogP contribution in [0.1, 0.15) is 35.5 Å². The number of nitrogens with one attached hydrogen (secondary N) is 1. The standard InChI is InChI=1S/C17H21N5/c1-10-6-7-14(11(2)8-10)12(3)18-17-16-15(9-22(5)21-16)19-13(4)20-17/h6-9,12H,1-5H3,(H,18,19,20)/t12-/m1/s1. The zero-order valence-electron chi connectivity index (χ0n) is 13.7. The maximum absolute atomic E-state index is 4.53. The van der Waals surface area contributed by atoms with E-state index in [4.69, 9.17) is 0 Å². The van der Waals surface area contributed by atoms with Crippen LogP contribution in [0.25, 0.3) is 11.0 Å². The van der Waals surface area contributed by atoms with Gasteiger partial charge in [-0.2, -0.15) is 5.10 Å². The molecule has 0 saturated carbocycles. The van der Waals surface area contributed by atoms with Crippen LogP contribution in [0.2, 0.25) is 0 Å². The molecule has 0 aliphatic carbocycles. The maximum Gasteiger partial charge on any atom is 0.158 e. The van der Waals surface area contributed by atoms with Gasteiger partial charge in [0.15, 0.2) is 11.3 Å². The second-order valence-corrected chi connectivity index (χ2v) is 5.88. The molecule has 0 saturated heterocycles. The molecular weight excluding hydrogens is 274 g/mol. The van der Waals surface area contributed by atoms with Crippen LogP contribution < -0.4 is 5.32 Å². The molecule has 5 nitrogen and oxygen atoms in total. The average Bonchev–Trinajstić information content (AvgIpc) is 2.78. The molecule has 0 radical (unpaired) electrons. The molecule has 5 heteroatoms. The van der Waals surface area contributed by atoms with Crippen molar-refractivity contribution in [2.75, 3.05) is 5.32 Å². The first-order valence-electron chi connectivity index (χ1n) is 7.45. The highest BCUT2D eigenvalue weighted by Gasteiger charge is 2.14. The molecule has 0 spiro atoms. The van der Waals surface area contributed by atoms with Gasteiger partial charge in [0.1, 0.15) is 11.3 Å². The van der Waals surface area contributed by atoms with Crippen molar-refractivity contribution in [3.8, 4) is 0 Å². The zero-order chi connectivity index (χ0) is 15.9. The first-order chi connectivity index (χ1) is 10.4. The van der Waals surface area contributed by atoms with Gasteiger partial charge in [0, 0.05) is 7.05 Å². The lowest BCUT2D eigenvalue weighted by Crippen LogP contribution is -2.11. The van der Waals surface area contributed by atoms with Crippen molar-refractivity contribution in [1.82, 2.24) is 19.7 Å². The van der Waals surface area contributed by atoms with Crippen LogP contribution >= 0.6 is 0 Å². The number of aromatic nitrogens is 4. The Hall–Kier alpha value is -2.43. The molecule has 0 amide bonds. The molecule has 1 N–H and O–H groups in total.